The Morgan fingerprint density at radius 2 is 1.86 bits per heavy atom. The lowest BCUT2D eigenvalue weighted by molar-refractivity contribution is -0.921. The van der Waals surface area contributed by atoms with E-state index in [9.17, 15) is 8.42 Å². The maximum Gasteiger partial charge on any atom is 0.165 e. The highest BCUT2D eigenvalue weighted by atomic mass is 127. The normalized spacial score (nSPS) is 39.5. The number of hydrogen-bond acceptors (Lipinski definition) is 2. The van der Waals surface area contributed by atoms with Crippen LogP contribution in [0.25, 0.3) is 0 Å². The lowest BCUT2D eigenvalue weighted by atomic mass is 9.94. The lowest BCUT2D eigenvalue weighted by Gasteiger charge is -2.53. The van der Waals surface area contributed by atoms with E-state index >= 15 is 0 Å². The van der Waals surface area contributed by atoms with Gasteiger partial charge >= 0.3 is 0 Å². The number of quaternary nitrogens is 1. The molecule has 1 saturated heterocycles. The first-order valence-electron chi connectivity index (χ1n) is 4.83. The van der Waals surface area contributed by atoms with E-state index in [0.29, 0.717) is 5.75 Å². The molecule has 1 aliphatic heterocycles. The van der Waals surface area contributed by atoms with Crippen LogP contribution in [0.2, 0.25) is 0 Å². The van der Waals surface area contributed by atoms with Crippen molar-refractivity contribution in [1.82, 2.24) is 0 Å². The van der Waals surface area contributed by atoms with Gasteiger partial charge in [0.2, 0.25) is 0 Å². The van der Waals surface area contributed by atoms with Crippen molar-refractivity contribution in [2.75, 3.05) is 26.9 Å². The number of halogens is 1. The fourth-order valence-electron chi connectivity index (χ4n) is 3.01. The van der Waals surface area contributed by atoms with E-state index < -0.39 is 9.84 Å². The molecule has 14 heavy (non-hydrogen) atoms. The van der Waals surface area contributed by atoms with Gasteiger partial charge in [-0.05, 0) is 12.8 Å². The van der Waals surface area contributed by atoms with Gasteiger partial charge in [0.15, 0.2) is 9.84 Å². The zero-order chi connectivity index (χ0) is 9.91. The van der Waals surface area contributed by atoms with Crippen molar-refractivity contribution in [1.29, 1.82) is 0 Å². The molecule has 2 rings (SSSR count). The summed E-state index contributed by atoms with van der Waals surface area (Å²) in [5.41, 5.74) is 0.0544. The van der Waals surface area contributed by atoms with Crippen molar-refractivity contribution < 1.29 is 36.9 Å². The minimum Gasteiger partial charge on any atom is -1.00 e. The highest BCUT2D eigenvalue weighted by Gasteiger charge is 2.68. The van der Waals surface area contributed by atoms with Crippen LogP contribution in [0.1, 0.15) is 19.3 Å². The molecule has 2 aliphatic rings. The van der Waals surface area contributed by atoms with Crippen LogP contribution < -0.4 is 24.0 Å². The molecule has 3 nitrogen and oxygen atoms in total. The number of nitrogens with zero attached hydrogens (tertiary/aromatic N) is 1. The maximum atomic E-state index is 11.5. The Hall–Kier alpha value is 0.640. The van der Waals surface area contributed by atoms with Gasteiger partial charge in [0, 0.05) is 6.42 Å². The van der Waals surface area contributed by atoms with Gasteiger partial charge in [-0.2, -0.15) is 0 Å². The Labute approximate surface area is 103 Å². The van der Waals surface area contributed by atoms with Gasteiger partial charge in [0.25, 0.3) is 0 Å². The quantitative estimate of drug-likeness (QED) is 0.391. The van der Waals surface area contributed by atoms with Gasteiger partial charge in [-0.1, -0.05) is 0 Å². The van der Waals surface area contributed by atoms with Crippen molar-refractivity contribution >= 4 is 9.84 Å². The van der Waals surface area contributed by atoms with E-state index in [0.717, 1.165) is 23.7 Å². The monoisotopic (exact) mass is 331 g/mol. The summed E-state index contributed by atoms with van der Waals surface area (Å²) in [7, 11) is 3.64. The second-order valence-electron chi connectivity index (χ2n) is 5.30. The Morgan fingerprint density at radius 3 is 2.21 bits per heavy atom. The molecule has 1 aliphatic carbocycles. The molecular formula is C9H18INO2S. The highest BCUT2D eigenvalue weighted by Crippen LogP contribution is 2.50. The second kappa shape index (κ2) is 3.31. The molecular weight excluding hydrogens is 313 g/mol. The predicted octanol–water partition coefficient (Wildman–Crippen LogP) is -2.58. The van der Waals surface area contributed by atoms with Gasteiger partial charge in [-0.15, -0.1) is 0 Å². The third-order valence-corrected chi connectivity index (χ3v) is 6.34. The van der Waals surface area contributed by atoms with Crippen molar-refractivity contribution in [3.05, 3.63) is 0 Å². The zero-order valence-corrected chi connectivity index (χ0v) is 11.9. The summed E-state index contributed by atoms with van der Waals surface area (Å²) < 4.78 is 23.9. The second-order valence-corrected chi connectivity index (χ2v) is 7.49. The van der Waals surface area contributed by atoms with E-state index in [1.807, 2.05) is 0 Å². The first-order chi connectivity index (χ1) is 5.80. The largest absolute Gasteiger partial charge is 1.00 e. The minimum absolute atomic E-state index is 0. The van der Waals surface area contributed by atoms with Gasteiger partial charge < -0.3 is 28.5 Å². The first kappa shape index (κ1) is 12.7. The third-order valence-electron chi connectivity index (χ3n) is 3.90. The van der Waals surface area contributed by atoms with Crippen molar-refractivity contribution in [3.8, 4) is 0 Å². The molecule has 0 aromatic carbocycles. The van der Waals surface area contributed by atoms with Crippen LogP contribution in [0.15, 0.2) is 0 Å². The number of hydrogen-bond donors (Lipinski definition) is 0. The van der Waals surface area contributed by atoms with Crippen molar-refractivity contribution in [2.45, 2.75) is 30.1 Å². The van der Waals surface area contributed by atoms with E-state index in [2.05, 4.69) is 21.1 Å². The SMILES string of the molecule is C[N+](C)(C)C12CCCC1S(=O)(=O)C2.[I-]. The van der Waals surface area contributed by atoms with Gasteiger partial charge in [-0.25, -0.2) is 8.42 Å². The van der Waals surface area contributed by atoms with Gasteiger partial charge in [0.05, 0.1) is 21.1 Å². The summed E-state index contributed by atoms with van der Waals surface area (Å²) in [5.74, 6) is 0.411. The fourth-order valence-corrected chi connectivity index (χ4v) is 6.06. The van der Waals surface area contributed by atoms with Crippen LogP contribution in [0, 0.1) is 0 Å². The molecule has 0 aromatic heterocycles. The molecule has 2 atom stereocenters. The molecule has 2 unspecified atom stereocenters. The van der Waals surface area contributed by atoms with E-state index in [-0.39, 0.29) is 34.8 Å². The van der Waals surface area contributed by atoms with Crippen LogP contribution in [-0.2, 0) is 9.84 Å². The molecule has 5 heteroatoms. The standard InChI is InChI=1S/C9H18NO2S.HI/c1-10(2,3)9-6-4-5-8(9)13(11,12)7-9;/h8H,4-7H2,1-3H3;1H/q+1;/p-1. The topological polar surface area (TPSA) is 34.1 Å². The molecule has 1 heterocycles. The maximum absolute atomic E-state index is 11.5. The summed E-state index contributed by atoms with van der Waals surface area (Å²) in [6.45, 7) is 0. The molecule has 0 radical (unpaired) electrons. The lowest BCUT2D eigenvalue weighted by Crippen LogP contribution is -3.00. The van der Waals surface area contributed by atoms with Crippen LogP contribution in [-0.4, -0.2) is 50.6 Å². The molecule has 2 fully saturated rings. The summed E-state index contributed by atoms with van der Waals surface area (Å²) >= 11 is 0. The third kappa shape index (κ3) is 1.43. The Kier molecular flexibility index (Phi) is 3.01. The van der Waals surface area contributed by atoms with E-state index in [1.165, 1.54) is 0 Å². The smallest absolute Gasteiger partial charge is 0.165 e. The van der Waals surface area contributed by atoms with Crippen molar-refractivity contribution in [3.63, 3.8) is 0 Å². The summed E-state index contributed by atoms with van der Waals surface area (Å²) in [4.78, 5) is 0. The van der Waals surface area contributed by atoms with Crippen LogP contribution in [0.3, 0.4) is 0 Å². The van der Waals surface area contributed by atoms with Gasteiger partial charge in [-0.3, -0.25) is 0 Å². The average Bonchev–Trinajstić information content (AvgIpc) is 2.26. The molecule has 0 amide bonds. The highest BCUT2D eigenvalue weighted by molar-refractivity contribution is 7.93. The number of rotatable bonds is 1. The first-order valence-corrected chi connectivity index (χ1v) is 6.54. The van der Waals surface area contributed by atoms with Crippen LogP contribution in [0.5, 0.6) is 0 Å². The molecule has 0 aromatic rings. The number of fused-ring (bicyclic) bond motifs is 1. The molecule has 0 N–H and O–H groups in total. The molecule has 1 saturated carbocycles. The van der Waals surface area contributed by atoms with Crippen LogP contribution >= 0.6 is 0 Å². The van der Waals surface area contributed by atoms with Gasteiger partial charge in [0.1, 0.15) is 16.5 Å². The molecule has 0 bridgehead atoms. The number of sulfone groups is 1. The van der Waals surface area contributed by atoms with E-state index in [4.69, 9.17) is 0 Å². The molecule has 84 valence electrons. The van der Waals surface area contributed by atoms with E-state index in [1.54, 1.807) is 0 Å². The Bertz CT molecular complexity index is 333. The predicted molar refractivity (Wildman–Crippen MR) is 52.2 cm³/mol. The summed E-state index contributed by atoms with van der Waals surface area (Å²) in [5, 5.41) is -0.0417. The van der Waals surface area contributed by atoms with Crippen molar-refractivity contribution in [2.24, 2.45) is 0 Å². The van der Waals surface area contributed by atoms with Crippen LogP contribution in [0.4, 0.5) is 0 Å². The average molecular weight is 331 g/mol. The fraction of sp³-hybridized carbons (Fsp3) is 1.00. The minimum atomic E-state index is -2.72. The zero-order valence-electron chi connectivity index (χ0n) is 8.96. The molecule has 0 spiro atoms. The Balaban J connectivity index is 0.000000980. The Morgan fingerprint density at radius 1 is 1.29 bits per heavy atom. The summed E-state index contributed by atoms with van der Waals surface area (Å²) in [6, 6.07) is 0. The summed E-state index contributed by atoms with van der Waals surface area (Å²) in [6.07, 6.45) is 3.05.